The van der Waals surface area contributed by atoms with Crippen LogP contribution in [0.1, 0.15) is 32.8 Å². The standard InChI is InChI=1S/C19H26BrN3O4S/c1-19(2,3)13-5-6-15(14(20)11-13)27-10-4-7-21-17(25)22-8-9-23-16(24)12-28-18(23)26/h5-6,11H,4,7-10,12H2,1-3H3,(H2,21,22,25). The maximum atomic E-state index is 11.7. The normalized spacial score (nSPS) is 14.4. The van der Waals surface area contributed by atoms with Crippen molar-refractivity contribution >= 4 is 44.9 Å². The molecule has 1 saturated heterocycles. The zero-order chi connectivity index (χ0) is 20.7. The molecule has 2 rings (SSSR count). The van der Waals surface area contributed by atoms with Crippen LogP contribution in [0.15, 0.2) is 22.7 Å². The van der Waals surface area contributed by atoms with Crippen molar-refractivity contribution in [1.29, 1.82) is 0 Å². The van der Waals surface area contributed by atoms with E-state index in [2.05, 4.69) is 59.5 Å². The minimum Gasteiger partial charge on any atom is -0.492 e. The summed E-state index contributed by atoms with van der Waals surface area (Å²) in [5.41, 5.74) is 1.30. The van der Waals surface area contributed by atoms with Crippen molar-refractivity contribution in [1.82, 2.24) is 15.5 Å². The number of halogens is 1. The lowest BCUT2D eigenvalue weighted by Gasteiger charge is -2.20. The number of nitrogens with one attached hydrogen (secondary N) is 2. The Hall–Kier alpha value is -1.74. The van der Waals surface area contributed by atoms with E-state index in [1.807, 2.05) is 6.07 Å². The molecule has 0 atom stereocenters. The molecule has 0 bridgehead atoms. The van der Waals surface area contributed by atoms with Gasteiger partial charge >= 0.3 is 6.03 Å². The molecule has 0 radical (unpaired) electrons. The fourth-order valence-electron chi connectivity index (χ4n) is 2.48. The Morgan fingerprint density at radius 2 is 1.96 bits per heavy atom. The molecule has 1 aliphatic rings. The smallest absolute Gasteiger partial charge is 0.314 e. The van der Waals surface area contributed by atoms with Gasteiger partial charge in [-0.25, -0.2) is 4.79 Å². The van der Waals surface area contributed by atoms with Gasteiger partial charge in [0.05, 0.1) is 16.8 Å². The summed E-state index contributed by atoms with van der Waals surface area (Å²) >= 11 is 4.52. The van der Waals surface area contributed by atoms with E-state index in [0.717, 1.165) is 26.9 Å². The van der Waals surface area contributed by atoms with Crippen LogP contribution in [0.4, 0.5) is 9.59 Å². The second-order valence-corrected chi connectivity index (χ2v) is 9.16. The molecule has 0 aromatic heterocycles. The number of thioether (sulfide) groups is 1. The van der Waals surface area contributed by atoms with E-state index in [4.69, 9.17) is 4.74 Å². The number of amides is 4. The van der Waals surface area contributed by atoms with Gasteiger partial charge in [0.2, 0.25) is 5.91 Å². The molecule has 1 fully saturated rings. The monoisotopic (exact) mass is 471 g/mol. The Bertz CT molecular complexity index is 720. The summed E-state index contributed by atoms with van der Waals surface area (Å²) in [6.45, 7) is 7.83. The number of hydrogen-bond donors (Lipinski definition) is 2. The summed E-state index contributed by atoms with van der Waals surface area (Å²) in [6.07, 6.45) is 0.653. The summed E-state index contributed by atoms with van der Waals surface area (Å²) in [5, 5.41) is 5.10. The summed E-state index contributed by atoms with van der Waals surface area (Å²) in [6, 6.07) is 5.74. The molecule has 4 amide bonds. The average molecular weight is 472 g/mol. The van der Waals surface area contributed by atoms with Crippen LogP contribution in [0.3, 0.4) is 0 Å². The van der Waals surface area contributed by atoms with E-state index >= 15 is 0 Å². The maximum Gasteiger partial charge on any atom is 0.314 e. The van der Waals surface area contributed by atoms with Gasteiger partial charge in [-0.2, -0.15) is 0 Å². The number of imide groups is 1. The molecule has 154 valence electrons. The molecule has 1 heterocycles. The summed E-state index contributed by atoms with van der Waals surface area (Å²) in [5.74, 6) is 0.742. The second-order valence-electron chi connectivity index (χ2n) is 7.38. The topological polar surface area (TPSA) is 87.7 Å². The van der Waals surface area contributed by atoms with Crippen LogP contribution < -0.4 is 15.4 Å². The van der Waals surface area contributed by atoms with Gasteiger partial charge < -0.3 is 15.4 Å². The number of ether oxygens (including phenoxy) is 1. The van der Waals surface area contributed by atoms with Crippen molar-refractivity contribution in [3.05, 3.63) is 28.2 Å². The van der Waals surface area contributed by atoms with Gasteiger partial charge in [0.15, 0.2) is 0 Å². The second kappa shape index (κ2) is 10.2. The van der Waals surface area contributed by atoms with E-state index in [1.54, 1.807) is 0 Å². The zero-order valence-electron chi connectivity index (χ0n) is 16.3. The van der Waals surface area contributed by atoms with Gasteiger partial charge in [0.1, 0.15) is 5.75 Å². The van der Waals surface area contributed by atoms with E-state index in [1.165, 1.54) is 5.56 Å². The number of hydrogen-bond acceptors (Lipinski definition) is 5. The summed E-state index contributed by atoms with van der Waals surface area (Å²) in [4.78, 5) is 35.8. The Balaban J connectivity index is 1.60. The Labute approximate surface area is 178 Å². The van der Waals surface area contributed by atoms with Gasteiger partial charge in [-0.05, 0) is 45.5 Å². The molecule has 0 saturated carbocycles. The third kappa shape index (κ3) is 6.70. The lowest BCUT2D eigenvalue weighted by Crippen LogP contribution is -2.42. The maximum absolute atomic E-state index is 11.7. The highest BCUT2D eigenvalue weighted by atomic mass is 79.9. The third-order valence-electron chi connectivity index (χ3n) is 4.12. The van der Waals surface area contributed by atoms with Gasteiger partial charge in [-0.15, -0.1) is 0 Å². The average Bonchev–Trinajstić information content (AvgIpc) is 2.93. The molecular formula is C19H26BrN3O4S. The van der Waals surface area contributed by atoms with Crippen LogP contribution in [0, 0.1) is 0 Å². The molecule has 9 heteroatoms. The van der Waals surface area contributed by atoms with Crippen molar-refractivity contribution in [2.24, 2.45) is 0 Å². The number of benzene rings is 1. The fourth-order valence-corrected chi connectivity index (χ4v) is 3.73. The Morgan fingerprint density at radius 3 is 2.57 bits per heavy atom. The van der Waals surface area contributed by atoms with E-state index in [9.17, 15) is 14.4 Å². The third-order valence-corrected chi connectivity index (χ3v) is 5.60. The first-order valence-electron chi connectivity index (χ1n) is 9.10. The number of urea groups is 1. The van der Waals surface area contributed by atoms with Gasteiger partial charge in [0.25, 0.3) is 5.24 Å². The van der Waals surface area contributed by atoms with Crippen LogP contribution in [0.5, 0.6) is 5.75 Å². The van der Waals surface area contributed by atoms with Crippen molar-refractivity contribution in [3.63, 3.8) is 0 Å². The fraction of sp³-hybridized carbons (Fsp3) is 0.526. The molecule has 28 heavy (non-hydrogen) atoms. The predicted molar refractivity (Wildman–Crippen MR) is 114 cm³/mol. The number of carbonyl (C=O) groups excluding carboxylic acids is 3. The van der Waals surface area contributed by atoms with Crippen LogP contribution >= 0.6 is 27.7 Å². The van der Waals surface area contributed by atoms with Crippen molar-refractivity contribution in [2.45, 2.75) is 32.6 Å². The highest BCUT2D eigenvalue weighted by molar-refractivity contribution is 9.10. The van der Waals surface area contributed by atoms with Crippen molar-refractivity contribution in [2.75, 3.05) is 32.0 Å². The number of carbonyl (C=O) groups is 3. The molecular weight excluding hydrogens is 446 g/mol. The molecule has 7 nitrogen and oxygen atoms in total. The van der Waals surface area contributed by atoms with E-state index in [0.29, 0.717) is 19.6 Å². The molecule has 1 aromatic rings. The van der Waals surface area contributed by atoms with Crippen LogP contribution in [-0.2, 0) is 10.2 Å². The first-order valence-corrected chi connectivity index (χ1v) is 10.9. The van der Waals surface area contributed by atoms with Gasteiger partial charge in [0, 0.05) is 19.6 Å². The molecule has 0 spiro atoms. The molecule has 0 aliphatic carbocycles. The number of rotatable bonds is 8. The largest absolute Gasteiger partial charge is 0.492 e. The van der Waals surface area contributed by atoms with Crippen molar-refractivity contribution in [3.8, 4) is 5.75 Å². The highest BCUT2D eigenvalue weighted by Gasteiger charge is 2.29. The molecule has 0 unspecified atom stereocenters. The van der Waals surface area contributed by atoms with Crippen LogP contribution in [-0.4, -0.2) is 54.1 Å². The van der Waals surface area contributed by atoms with Crippen molar-refractivity contribution < 1.29 is 19.1 Å². The minimum absolute atomic E-state index is 0.0759. The summed E-state index contributed by atoms with van der Waals surface area (Å²) < 4.78 is 6.67. The minimum atomic E-state index is -0.331. The van der Waals surface area contributed by atoms with E-state index in [-0.39, 0.29) is 41.4 Å². The first-order chi connectivity index (χ1) is 13.2. The Kier molecular flexibility index (Phi) is 8.18. The lowest BCUT2D eigenvalue weighted by atomic mass is 9.87. The van der Waals surface area contributed by atoms with Crippen LogP contribution in [0.25, 0.3) is 0 Å². The lowest BCUT2D eigenvalue weighted by molar-refractivity contribution is -0.124. The molecule has 2 N–H and O–H groups in total. The quantitative estimate of drug-likeness (QED) is 0.566. The van der Waals surface area contributed by atoms with Gasteiger partial charge in [-0.1, -0.05) is 38.6 Å². The zero-order valence-corrected chi connectivity index (χ0v) is 18.7. The highest BCUT2D eigenvalue weighted by Crippen LogP contribution is 2.31. The molecule has 1 aliphatic heterocycles. The predicted octanol–water partition coefficient (Wildman–Crippen LogP) is 3.51. The van der Waals surface area contributed by atoms with Crippen LogP contribution in [0.2, 0.25) is 0 Å². The van der Waals surface area contributed by atoms with Gasteiger partial charge in [-0.3, -0.25) is 14.5 Å². The van der Waals surface area contributed by atoms with E-state index < -0.39 is 0 Å². The number of nitrogens with zero attached hydrogens (tertiary/aromatic N) is 1. The summed E-state index contributed by atoms with van der Waals surface area (Å²) in [7, 11) is 0. The molecule has 1 aromatic carbocycles. The SMILES string of the molecule is CC(C)(C)c1ccc(OCCCNC(=O)NCCN2C(=O)CSC2=O)c(Br)c1. The Morgan fingerprint density at radius 1 is 1.25 bits per heavy atom. The first kappa shape index (κ1) is 22.5.